The van der Waals surface area contributed by atoms with Crippen molar-refractivity contribution in [3.63, 3.8) is 0 Å². The summed E-state index contributed by atoms with van der Waals surface area (Å²) in [6.07, 6.45) is 11.5. The molecular weight excluding hydrogens is 296 g/mol. The van der Waals surface area contributed by atoms with E-state index in [1.807, 2.05) is 25.1 Å². The summed E-state index contributed by atoms with van der Waals surface area (Å²) in [4.78, 5) is 0. The molecule has 2 atom stereocenters. The van der Waals surface area contributed by atoms with Crippen LogP contribution in [0.25, 0.3) is 0 Å². The van der Waals surface area contributed by atoms with Crippen molar-refractivity contribution in [1.29, 1.82) is 0 Å². The third-order valence-corrected chi connectivity index (χ3v) is 5.16. The SMILES string of the molecule is CCCC/C=C(/C1CCCCC1)[C@H](O)[C@H](C)OCc1ccccc1. The minimum atomic E-state index is -0.478. The molecule has 0 spiro atoms. The molecule has 0 unspecified atom stereocenters. The molecule has 2 heteroatoms. The fourth-order valence-electron chi connectivity index (χ4n) is 3.60. The molecule has 1 aromatic carbocycles. The zero-order valence-electron chi connectivity index (χ0n) is 15.4. The predicted molar refractivity (Wildman–Crippen MR) is 101 cm³/mol. The monoisotopic (exact) mass is 330 g/mol. The number of aliphatic hydroxyl groups excluding tert-OH is 1. The van der Waals surface area contributed by atoms with Gasteiger partial charge in [-0.2, -0.15) is 0 Å². The van der Waals surface area contributed by atoms with Gasteiger partial charge in [-0.15, -0.1) is 0 Å². The molecule has 1 aliphatic rings. The van der Waals surface area contributed by atoms with Gasteiger partial charge in [0.05, 0.1) is 12.7 Å². The zero-order valence-corrected chi connectivity index (χ0v) is 15.4. The highest BCUT2D eigenvalue weighted by atomic mass is 16.5. The molecule has 1 N–H and O–H groups in total. The van der Waals surface area contributed by atoms with Gasteiger partial charge in [0.2, 0.25) is 0 Å². The summed E-state index contributed by atoms with van der Waals surface area (Å²) >= 11 is 0. The van der Waals surface area contributed by atoms with Crippen molar-refractivity contribution >= 4 is 0 Å². The summed E-state index contributed by atoms with van der Waals surface area (Å²) in [6, 6.07) is 10.2. The number of unbranched alkanes of at least 4 members (excludes halogenated alkanes) is 2. The molecule has 1 aliphatic carbocycles. The lowest BCUT2D eigenvalue weighted by molar-refractivity contribution is -0.0242. The van der Waals surface area contributed by atoms with Crippen molar-refractivity contribution in [2.75, 3.05) is 0 Å². The maximum atomic E-state index is 10.9. The lowest BCUT2D eigenvalue weighted by atomic mass is 9.80. The number of ether oxygens (including phenoxy) is 1. The summed E-state index contributed by atoms with van der Waals surface area (Å²) < 4.78 is 5.98. The van der Waals surface area contributed by atoms with Gasteiger partial charge in [0, 0.05) is 0 Å². The molecule has 0 radical (unpaired) electrons. The van der Waals surface area contributed by atoms with Crippen molar-refractivity contribution in [3.8, 4) is 0 Å². The van der Waals surface area contributed by atoms with Crippen LogP contribution < -0.4 is 0 Å². The van der Waals surface area contributed by atoms with Crippen molar-refractivity contribution < 1.29 is 9.84 Å². The van der Waals surface area contributed by atoms with Crippen molar-refractivity contribution in [2.45, 2.75) is 84.0 Å². The summed E-state index contributed by atoms with van der Waals surface area (Å²) in [5.41, 5.74) is 2.40. The predicted octanol–water partition coefficient (Wildman–Crippen LogP) is 5.65. The Morgan fingerprint density at radius 3 is 2.58 bits per heavy atom. The number of allylic oxidation sites excluding steroid dienone is 1. The van der Waals surface area contributed by atoms with Gasteiger partial charge in [-0.25, -0.2) is 0 Å². The second-order valence-corrected chi connectivity index (χ2v) is 7.13. The van der Waals surface area contributed by atoms with E-state index in [1.165, 1.54) is 50.5 Å². The molecule has 1 saturated carbocycles. The molecule has 2 rings (SSSR count). The molecular formula is C22H34O2. The smallest absolute Gasteiger partial charge is 0.101 e. The van der Waals surface area contributed by atoms with Gasteiger partial charge in [0.1, 0.15) is 6.10 Å². The van der Waals surface area contributed by atoms with E-state index >= 15 is 0 Å². The first-order valence-electron chi connectivity index (χ1n) is 9.76. The van der Waals surface area contributed by atoms with Crippen molar-refractivity contribution in [3.05, 3.63) is 47.5 Å². The number of hydrogen-bond acceptors (Lipinski definition) is 2. The van der Waals surface area contributed by atoms with Gasteiger partial charge in [0.25, 0.3) is 0 Å². The van der Waals surface area contributed by atoms with Crippen LogP contribution in [0.4, 0.5) is 0 Å². The van der Waals surface area contributed by atoms with Gasteiger partial charge in [-0.3, -0.25) is 0 Å². The molecule has 24 heavy (non-hydrogen) atoms. The normalized spacial score (nSPS) is 19.2. The molecule has 2 nitrogen and oxygen atoms in total. The van der Waals surface area contributed by atoms with Crippen LogP contribution in [-0.2, 0) is 11.3 Å². The molecule has 134 valence electrons. The Labute approximate surface area is 147 Å². The molecule has 1 aromatic rings. The number of rotatable bonds is 9. The van der Waals surface area contributed by atoms with Crippen LogP contribution in [0.1, 0.15) is 70.8 Å². The van der Waals surface area contributed by atoms with E-state index in [2.05, 4.69) is 25.1 Å². The van der Waals surface area contributed by atoms with E-state index < -0.39 is 6.10 Å². The van der Waals surface area contributed by atoms with E-state index in [9.17, 15) is 5.11 Å². The van der Waals surface area contributed by atoms with Crippen LogP contribution in [-0.4, -0.2) is 17.3 Å². The number of aliphatic hydroxyl groups is 1. The van der Waals surface area contributed by atoms with Crippen molar-refractivity contribution in [2.24, 2.45) is 5.92 Å². The summed E-state index contributed by atoms with van der Waals surface area (Å²) in [6.45, 7) is 4.78. The third kappa shape index (κ3) is 6.07. The standard InChI is InChI=1S/C22H34O2/c1-3-4-7-16-21(20-14-10-6-11-15-20)22(23)18(2)24-17-19-12-8-5-9-13-19/h5,8-9,12-13,16,18,20,22-23H,3-4,6-7,10-11,14-15,17H2,1-2H3/b21-16-/t18-,22+/m0/s1. The summed E-state index contributed by atoms with van der Waals surface area (Å²) in [5.74, 6) is 0.549. The Morgan fingerprint density at radius 1 is 1.21 bits per heavy atom. The van der Waals surface area contributed by atoms with E-state index in [0.29, 0.717) is 12.5 Å². The van der Waals surface area contributed by atoms with Gasteiger partial charge in [-0.05, 0) is 43.2 Å². The van der Waals surface area contributed by atoms with E-state index in [0.717, 1.165) is 12.0 Å². The Balaban J connectivity index is 1.96. The Morgan fingerprint density at radius 2 is 1.92 bits per heavy atom. The van der Waals surface area contributed by atoms with E-state index in [-0.39, 0.29) is 6.10 Å². The molecule has 1 fully saturated rings. The zero-order chi connectivity index (χ0) is 17.2. The molecule has 0 heterocycles. The molecule has 0 amide bonds. The Hall–Kier alpha value is -1.12. The number of benzene rings is 1. The first-order chi connectivity index (χ1) is 11.7. The summed E-state index contributed by atoms with van der Waals surface area (Å²) in [7, 11) is 0. The lowest BCUT2D eigenvalue weighted by Crippen LogP contribution is -2.31. The van der Waals surface area contributed by atoms with Gasteiger partial charge >= 0.3 is 0 Å². The minimum absolute atomic E-state index is 0.167. The van der Waals surface area contributed by atoms with Gasteiger partial charge in [0.15, 0.2) is 0 Å². The number of hydrogen-bond donors (Lipinski definition) is 1. The molecule has 0 bridgehead atoms. The fraction of sp³-hybridized carbons (Fsp3) is 0.636. The second-order valence-electron chi connectivity index (χ2n) is 7.13. The van der Waals surface area contributed by atoms with Crippen molar-refractivity contribution in [1.82, 2.24) is 0 Å². The quantitative estimate of drug-likeness (QED) is 0.468. The maximum absolute atomic E-state index is 10.9. The van der Waals surface area contributed by atoms with Crippen LogP contribution in [0.2, 0.25) is 0 Å². The maximum Gasteiger partial charge on any atom is 0.101 e. The van der Waals surface area contributed by atoms with Crippen LogP contribution in [0.5, 0.6) is 0 Å². The molecule has 0 aliphatic heterocycles. The second kappa shape index (κ2) is 10.7. The van der Waals surface area contributed by atoms with Gasteiger partial charge in [-0.1, -0.05) is 75.4 Å². The average molecular weight is 331 g/mol. The average Bonchev–Trinajstić information content (AvgIpc) is 2.64. The fourth-order valence-corrected chi connectivity index (χ4v) is 3.60. The summed E-state index contributed by atoms with van der Waals surface area (Å²) in [5, 5.41) is 10.9. The van der Waals surface area contributed by atoms with Crippen LogP contribution in [0.3, 0.4) is 0 Å². The molecule has 0 saturated heterocycles. The Kier molecular flexibility index (Phi) is 8.55. The minimum Gasteiger partial charge on any atom is -0.386 e. The Bertz CT molecular complexity index is 474. The first-order valence-corrected chi connectivity index (χ1v) is 9.76. The van der Waals surface area contributed by atoms with Crippen LogP contribution >= 0.6 is 0 Å². The topological polar surface area (TPSA) is 29.5 Å². The third-order valence-electron chi connectivity index (χ3n) is 5.16. The first kappa shape index (κ1) is 19.2. The highest BCUT2D eigenvalue weighted by molar-refractivity contribution is 5.16. The highest BCUT2D eigenvalue weighted by Crippen LogP contribution is 2.33. The largest absolute Gasteiger partial charge is 0.386 e. The lowest BCUT2D eigenvalue weighted by Gasteiger charge is -2.31. The molecule has 0 aromatic heterocycles. The van der Waals surface area contributed by atoms with E-state index in [1.54, 1.807) is 0 Å². The highest BCUT2D eigenvalue weighted by Gasteiger charge is 2.27. The van der Waals surface area contributed by atoms with Gasteiger partial charge < -0.3 is 9.84 Å². The van der Waals surface area contributed by atoms with E-state index in [4.69, 9.17) is 4.74 Å². The van der Waals surface area contributed by atoms with Crippen LogP contribution in [0.15, 0.2) is 42.0 Å². The van der Waals surface area contributed by atoms with Crippen LogP contribution in [0, 0.1) is 5.92 Å².